The van der Waals surface area contributed by atoms with Crippen molar-refractivity contribution in [3.8, 4) is 11.5 Å². The molecule has 1 aromatic heterocycles. The molecule has 168 valence electrons. The number of hydrogen-bond acceptors (Lipinski definition) is 4. The molecule has 2 bridgehead atoms. The molecule has 4 rings (SSSR count). The minimum atomic E-state index is -4.48. The minimum Gasteiger partial charge on any atom is -0.493 e. The number of benzene rings is 1. The summed E-state index contributed by atoms with van der Waals surface area (Å²) in [6.07, 6.45) is -5.46. The van der Waals surface area contributed by atoms with Gasteiger partial charge in [-0.05, 0) is 43.2 Å². The van der Waals surface area contributed by atoms with Crippen LogP contribution in [0.1, 0.15) is 36.8 Å². The van der Waals surface area contributed by atoms with Crippen LogP contribution in [0.5, 0.6) is 11.5 Å². The maximum atomic E-state index is 12.9. The van der Waals surface area contributed by atoms with Gasteiger partial charge in [-0.2, -0.15) is 26.3 Å². The molecule has 0 N–H and O–H groups in total. The second kappa shape index (κ2) is 7.80. The highest BCUT2D eigenvalue weighted by Crippen LogP contribution is 2.42. The van der Waals surface area contributed by atoms with Gasteiger partial charge in [0, 0.05) is 31.1 Å². The monoisotopic (exact) mass is 446 g/mol. The number of rotatable bonds is 4. The van der Waals surface area contributed by atoms with E-state index in [1.807, 2.05) is 4.90 Å². The van der Waals surface area contributed by atoms with E-state index >= 15 is 0 Å². The summed E-state index contributed by atoms with van der Waals surface area (Å²) in [7, 11) is 1.28. The third kappa shape index (κ3) is 4.38. The average Bonchev–Trinajstić information content (AvgIpc) is 2.97. The second-order valence-corrected chi connectivity index (χ2v) is 7.77. The Hall–Kier alpha value is -2.65. The fourth-order valence-corrected chi connectivity index (χ4v) is 4.42. The first-order valence-electron chi connectivity index (χ1n) is 9.79. The van der Waals surface area contributed by atoms with Crippen LogP contribution in [-0.4, -0.2) is 30.3 Å². The number of ether oxygens (including phenoxy) is 2. The Kier molecular flexibility index (Phi) is 5.43. The number of anilines is 1. The Labute approximate surface area is 174 Å². The van der Waals surface area contributed by atoms with Crippen LogP contribution >= 0.6 is 0 Å². The number of fused-ring (bicyclic) bond motifs is 2. The van der Waals surface area contributed by atoms with Gasteiger partial charge >= 0.3 is 12.4 Å². The SMILES string of the molecule is COc1cc(C(F)(F)F)ccc1O[C@H]1C[C@H]2CC[C@@H](C1)N2c1ccc(C(F)(F)F)cn1. The Balaban J connectivity index is 1.47. The third-order valence-electron chi connectivity index (χ3n) is 5.81. The summed E-state index contributed by atoms with van der Waals surface area (Å²) in [5, 5.41) is 0. The molecule has 0 unspecified atom stereocenters. The lowest BCUT2D eigenvalue weighted by Crippen LogP contribution is -2.46. The van der Waals surface area contributed by atoms with Gasteiger partial charge in [0.05, 0.1) is 18.2 Å². The normalized spacial score (nSPS) is 23.7. The standard InChI is InChI=1S/C21H20F6N2O2/c1-30-18-8-12(20(22,23)24)2-6-17(18)31-16-9-14-4-5-15(10-16)29(14)19-7-3-13(11-28-19)21(25,26)27/h2-3,6-8,11,14-16H,4-5,9-10H2,1H3/t14-,15+,16+. The third-order valence-corrected chi connectivity index (χ3v) is 5.81. The lowest BCUT2D eigenvalue weighted by atomic mass is 9.99. The fourth-order valence-electron chi connectivity index (χ4n) is 4.42. The van der Waals surface area contributed by atoms with Crippen molar-refractivity contribution in [3.63, 3.8) is 0 Å². The summed E-state index contributed by atoms with van der Waals surface area (Å²) in [5.74, 6) is 0.737. The van der Waals surface area contributed by atoms with Gasteiger partial charge in [-0.15, -0.1) is 0 Å². The van der Waals surface area contributed by atoms with Crippen molar-refractivity contribution in [1.29, 1.82) is 0 Å². The van der Waals surface area contributed by atoms with Gasteiger partial charge in [-0.1, -0.05) is 0 Å². The molecule has 31 heavy (non-hydrogen) atoms. The lowest BCUT2D eigenvalue weighted by molar-refractivity contribution is -0.138. The molecule has 3 atom stereocenters. The van der Waals surface area contributed by atoms with E-state index in [2.05, 4.69) is 4.98 Å². The zero-order valence-electron chi connectivity index (χ0n) is 16.5. The Morgan fingerprint density at radius 3 is 2.00 bits per heavy atom. The van der Waals surface area contributed by atoms with Gasteiger partial charge in [0.1, 0.15) is 11.9 Å². The summed E-state index contributed by atoms with van der Waals surface area (Å²) < 4.78 is 88.2. The Morgan fingerprint density at radius 1 is 0.871 bits per heavy atom. The molecule has 2 saturated heterocycles. The molecule has 0 saturated carbocycles. The molecule has 2 fully saturated rings. The van der Waals surface area contributed by atoms with Crippen LogP contribution in [0.2, 0.25) is 0 Å². The quantitative estimate of drug-likeness (QED) is 0.564. The summed E-state index contributed by atoms with van der Waals surface area (Å²) in [5.41, 5.74) is -1.61. The van der Waals surface area contributed by atoms with Crippen molar-refractivity contribution in [3.05, 3.63) is 47.7 Å². The highest BCUT2D eigenvalue weighted by molar-refractivity contribution is 5.46. The predicted molar refractivity (Wildman–Crippen MR) is 100 cm³/mol. The Bertz CT molecular complexity index is 915. The molecule has 0 amide bonds. The molecule has 0 aliphatic carbocycles. The molecule has 3 heterocycles. The average molecular weight is 446 g/mol. The molecule has 2 aliphatic rings. The molecular formula is C21H20F6N2O2. The van der Waals surface area contributed by atoms with Crippen LogP contribution < -0.4 is 14.4 Å². The number of piperidine rings is 1. The molecular weight excluding hydrogens is 426 g/mol. The number of aromatic nitrogens is 1. The van der Waals surface area contributed by atoms with E-state index in [1.54, 1.807) is 0 Å². The van der Waals surface area contributed by atoms with Crippen molar-refractivity contribution in [2.75, 3.05) is 12.0 Å². The maximum absolute atomic E-state index is 12.9. The highest BCUT2D eigenvalue weighted by atomic mass is 19.4. The van der Waals surface area contributed by atoms with Crippen LogP contribution in [0.4, 0.5) is 32.2 Å². The number of alkyl halides is 6. The van der Waals surface area contributed by atoms with E-state index < -0.39 is 23.5 Å². The maximum Gasteiger partial charge on any atom is 0.417 e. The van der Waals surface area contributed by atoms with Crippen LogP contribution in [0.15, 0.2) is 36.5 Å². The number of halogens is 6. The summed E-state index contributed by atoms with van der Waals surface area (Å²) >= 11 is 0. The second-order valence-electron chi connectivity index (χ2n) is 7.77. The van der Waals surface area contributed by atoms with Crippen LogP contribution in [0.3, 0.4) is 0 Å². The van der Waals surface area contributed by atoms with Crippen molar-refractivity contribution in [1.82, 2.24) is 4.98 Å². The topological polar surface area (TPSA) is 34.6 Å². The first kappa shape index (κ1) is 21.6. The smallest absolute Gasteiger partial charge is 0.417 e. The molecule has 4 nitrogen and oxygen atoms in total. The predicted octanol–water partition coefficient (Wildman–Crippen LogP) is 5.71. The molecule has 0 radical (unpaired) electrons. The molecule has 10 heteroatoms. The molecule has 2 aromatic rings. The van der Waals surface area contributed by atoms with Gasteiger partial charge in [0.15, 0.2) is 11.5 Å². The van der Waals surface area contributed by atoms with E-state index in [0.717, 1.165) is 37.2 Å². The molecule has 0 spiro atoms. The van der Waals surface area contributed by atoms with E-state index in [9.17, 15) is 26.3 Å². The zero-order chi connectivity index (χ0) is 22.4. The van der Waals surface area contributed by atoms with Gasteiger partial charge in [-0.3, -0.25) is 0 Å². The van der Waals surface area contributed by atoms with Crippen molar-refractivity contribution in [2.45, 2.75) is 56.2 Å². The molecule has 1 aromatic carbocycles. The largest absolute Gasteiger partial charge is 0.493 e. The number of hydrogen-bond donors (Lipinski definition) is 0. The number of methoxy groups -OCH3 is 1. The molecule has 2 aliphatic heterocycles. The van der Waals surface area contributed by atoms with Crippen LogP contribution in [0, 0.1) is 0 Å². The summed E-state index contributed by atoms with van der Waals surface area (Å²) in [4.78, 5) is 6.05. The fraction of sp³-hybridized carbons (Fsp3) is 0.476. The number of pyridine rings is 1. The van der Waals surface area contributed by atoms with Crippen LogP contribution in [-0.2, 0) is 12.4 Å². The van der Waals surface area contributed by atoms with Gasteiger partial charge in [0.25, 0.3) is 0 Å². The first-order chi connectivity index (χ1) is 14.6. The Morgan fingerprint density at radius 2 is 1.48 bits per heavy atom. The van der Waals surface area contributed by atoms with Gasteiger partial charge in [-0.25, -0.2) is 4.98 Å². The number of nitrogens with zero attached hydrogens (tertiary/aromatic N) is 2. The summed E-state index contributed by atoms with van der Waals surface area (Å²) in [6.45, 7) is 0. The van der Waals surface area contributed by atoms with Gasteiger partial charge in [0.2, 0.25) is 0 Å². The zero-order valence-corrected chi connectivity index (χ0v) is 16.5. The van der Waals surface area contributed by atoms with Crippen molar-refractivity contribution < 1.29 is 35.8 Å². The highest BCUT2D eigenvalue weighted by Gasteiger charge is 2.43. The minimum absolute atomic E-state index is 0.00834. The van der Waals surface area contributed by atoms with E-state index in [1.165, 1.54) is 19.2 Å². The van der Waals surface area contributed by atoms with Crippen molar-refractivity contribution >= 4 is 5.82 Å². The lowest BCUT2D eigenvalue weighted by Gasteiger charge is -2.39. The van der Waals surface area contributed by atoms with Crippen LogP contribution in [0.25, 0.3) is 0 Å². The van der Waals surface area contributed by atoms with E-state index in [4.69, 9.17) is 9.47 Å². The van der Waals surface area contributed by atoms with E-state index in [-0.39, 0.29) is 29.7 Å². The summed E-state index contributed by atoms with van der Waals surface area (Å²) in [6, 6.07) is 5.60. The first-order valence-corrected chi connectivity index (χ1v) is 9.79. The van der Waals surface area contributed by atoms with E-state index in [0.29, 0.717) is 18.7 Å². The van der Waals surface area contributed by atoms with Crippen molar-refractivity contribution in [2.24, 2.45) is 0 Å². The van der Waals surface area contributed by atoms with Gasteiger partial charge < -0.3 is 14.4 Å².